The van der Waals surface area contributed by atoms with Gasteiger partial charge in [-0.25, -0.2) is 0 Å². The standard InChI is InChI=1S/C10H15N5O/c1-7(8(2)15-16)13-14-10(11)9-5-3-4-6-12-9/h3-5,12,16H,6H2,1-2H3,(H2,11,14)/b13-7+,15-8+. The van der Waals surface area contributed by atoms with Gasteiger partial charge in [0.2, 0.25) is 0 Å². The maximum absolute atomic E-state index is 8.51. The third-order valence-corrected chi connectivity index (χ3v) is 2.07. The van der Waals surface area contributed by atoms with Gasteiger partial charge in [0.1, 0.15) is 0 Å². The number of amidine groups is 1. The van der Waals surface area contributed by atoms with Crippen LogP contribution in [-0.4, -0.2) is 29.0 Å². The highest BCUT2D eigenvalue weighted by molar-refractivity contribution is 6.40. The van der Waals surface area contributed by atoms with E-state index in [4.69, 9.17) is 10.9 Å². The normalized spacial score (nSPS) is 18.1. The lowest BCUT2D eigenvalue weighted by Crippen LogP contribution is -2.28. The molecule has 1 heterocycles. The molecular weight excluding hydrogens is 206 g/mol. The fourth-order valence-electron chi connectivity index (χ4n) is 0.964. The fraction of sp³-hybridized carbons (Fsp3) is 0.300. The highest BCUT2D eigenvalue weighted by Crippen LogP contribution is 1.97. The molecule has 86 valence electrons. The molecule has 0 aromatic rings. The van der Waals surface area contributed by atoms with Gasteiger partial charge in [0.25, 0.3) is 0 Å². The summed E-state index contributed by atoms with van der Waals surface area (Å²) < 4.78 is 0. The van der Waals surface area contributed by atoms with Crippen LogP contribution in [0.2, 0.25) is 0 Å². The molecule has 0 bridgehead atoms. The van der Waals surface area contributed by atoms with Gasteiger partial charge in [-0.2, -0.15) is 5.10 Å². The van der Waals surface area contributed by atoms with E-state index in [0.29, 0.717) is 17.3 Å². The van der Waals surface area contributed by atoms with Crippen molar-refractivity contribution in [3.63, 3.8) is 0 Å². The quantitative estimate of drug-likeness (QED) is 0.282. The molecule has 0 radical (unpaired) electrons. The van der Waals surface area contributed by atoms with Crippen LogP contribution in [-0.2, 0) is 0 Å². The van der Waals surface area contributed by atoms with Gasteiger partial charge < -0.3 is 16.3 Å². The lowest BCUT2D eigenvalue weighted by molar-refractivity contribution is 0.320. The highest BCUT2D eigenvalue weighted by atomic mass is 16.4. The molecule has 1 aliphatic heterocycles. The van der Waals surface area contributed by atoms with Gasteiger partial charge in [0, 0.05) is 6.54 Å². The van der Waals surface area contributed by atoms with E-state index in [9.17, 15) is 0 Å². The van der Waals surface area contributed by atoms with Gasteiger partial charge in [0.15, 0.2) is 5.84 Å². The Morgan fingerprint density at radius 2 is 2.12 bits per heavy atom. The SMILES string of the molecule is CC(=N\O)/C(C)=N/N=C(N)C1=CC=CCN1. The Morgan fingerprint density at radius 1 is 1.38 bits per heavy atom. The Morgan fingerprint density at radius 3 is 2.69 bits per heavy atom. The molecule has 4 N–H and O–H groups in total. The molecule has 6 heteroatoms. The first kappa shape index (κ1) is 12.0. The molecular formula is C10H15N5O. The second-order valence-corrected chi connectivity index (χ2v) is 3.25. The largest absolute Gasteiger partial charge is 0.411 e. The number of allylic oxidation sites excluding steroid dienone is 2. The first-order valence-corrected chi connectivity index (χ1v) is 4.83. The van der Waals surface area contributed by atoms with Gasteiger partial charge in [0.05, 0.1) is 17.1 Å². The highest BCUT2D eigenvalue weighted by Gasteiger charge is 2.03. The van der Waals surface area contributed by atoms with Crippen LogP contribution in [0.15, 0.2) is 39.3 Å². The third kappa shape index (κ3) is 3.23. The number of rotatable bonds is 3. The summed E-state index contributed by atoms with van der Waals surface area (Å²) in [5.41, 5.74) is 7.36. The van der Waals surface area contributed by atoms with E-state index >= 15 is 0 Å². The summed E-state index contributed by atoms with van der Waals surface area (Å²) in [6, 6.07) is 0. The van der Waals surface area contributed by atoms with E-state index in [1.807, 2.05) is 18.2 Å². The molecule has 0 aliphatic carbocycles. The first-order chi connectivity index (χ1) is 7.65. The number of hydrogen-bond acceptors (Lipinski definition) is 5. The van der Waals surface area contributed by atoms with Crippen LogP contribution in [0, 0.1) is 0 Å². The van der Waals surface area contributed by atoms with E-state index in [1.54, 1.807) is 13.8 Å². The van der Waals surface area contributed by atoms with E-state index in [1.165, 1.54) is 0 Å². The molecule has 0 aromatic heterocycles. The summed E-state index contributed by atoms with van der Waals surface area (Å²) in [4.78, 5) is 0. The molecule has 0 spiro atoms. The molecule has 0 atom stereocenters. The molecule has 0 amide bonds. The summed E-state index contributed by atoms with van der Waals surface area (Å²) in [5.74, 6) is 0.300. The Hall–Kier alpha value is -2.11. The molecule has 0 saturated carbocycles. The van der Waals surface area contributed by atoms with Crippen molar-refractivity contribution >= 4 is 17.3 Å². The number of hydrogen-bond donors (Lipinski definition) is 3. The zero-order valence-corrected chi connectivity index (χ0v) is 9.31. The maximum atomic E-state index is 8.51. The van der Waals surface area contributed by atoms with Gasteiger partial charge in [-0.05, 0) is 19.9 Å². The number of dihydropyridines is 1. The van der Waals surface area contributed by atoms with E-state index in [-0.39, 0.29) is 0 Å². The Balaban J connectivity index is 2.78. The third-order valence-electron chi connectivity index (χ3n) is 2.07. The predicted molar refractivity (Wildman–Crippen MR) is 64.9 cm³/mol. The molecule has 0 saturated heterocycles. The molecule has 0 unspecified atom stereocenters. The fourth-order valence-corrected chi connectivity index (χ4v) is 0.964. The molecule has 0 aromatic carbocycles. The van der Waals surface area contributed by atoms with Crippen LogP contribution < -0.4 is 11.1 Å². The first-order valence-electron chi connectivity index (χ1n) is 4.83. The van der Waals surface area contributed by atoms with Crippen LogP contribution in [0.5, 0.6) is 0 Å². The lowest BCUT2D eigenvalue weighted by atomic mass is 10.3. The van der Waals surface area contributed by atoms with Crippen molar-refractivity contribution in [1.29, 1.82) is 0 Å². The summed E-state index contributed by atoms with van der Waals surface area (Å²) in [6.45, 7) is 4.04. The number of nitrogens with zero attached hydrogens (tertiary/aromatic N) is 3. The minimum absolute atomic E-state index is 0.300. The van der Waals surface area contributed by atoms with Crippen molar-refractivity contribution in [3.8, 4) is 0 Å². The minimum Gasteiger partial charge on any atom is -0.411 e. The van der Waals surface area contributed by atoms with Crippen LogP contribution in [0.4, 0.5) is 0 Å². The van der Waals surface area contributed by atoms with Gasteiger partial charge in [-0.15, -0.1) is 5.10 Å². The van der Waals surface area contributed by atoms with Gasteiger partial charge in [-0.1, -0.05) is 17.3 Å². The van der Waals surface area contributed by atoms with E-state index < -0.39 is 0 Å². The van der Waals surface area contributed by atoms with Crippen LogP contribution in [0.25, 0.3) is 0 Å². The molecule has 6 nitrogen and oxygen atoms in total. The van der Waals surface area contributed by atoms with Gasteiger partial charge >= 0.3 is 0 Å². The second-order valence-electron chi connectivity index (χ2n) is 3.25. The molecule has 1 aliphatic rings. The van der Waals surface area contributed by atoms with E-state index in [2.05, 4.69) is 20.7 Å². The van der Waals surface area contributed by atoms with Crippen molar-refractivity contribution in [3.05, 3.63) is 23.9 Å². The van der Waals surface area contributed by atoms with E-state index in [0.717, 1.165) is 12.2 Å². The van der Waals surface area contributed by atoms with Crippen LogP contribution in [0.3, 0.4) is 0 Å². The second kappa shape index (κ2) is 5.69. The average molecular weight is 221 g/mol. The van der Waals surface area contributed by atoms with Gasteiger partial charge in [-0.3, -0.25) is 0 Å². The number of nitrogens with two attached hydrogens (primary N) is 1. The van der Waals surface area contributed by atoms with Crippen molar-refractivity contribution in [1.82, 2.24) is 5.32 Å². The molecule has 1 rings (SSSR count). The predicted octanol–water partition coefficient (Wildman–Crippen LogP) is 0.613. The Labute approximate surface area is 93.9 Å². The van der Waals surface area contributed by atoms with Crippen molar-refractivity contribution in [2.24, 2.45) is 21.1 Å². The summed E-state index contributed by atoms with van der Waals surface area (Å²) in [6.07, 6.45) is 5.68. The summed E-state index contributed by atoms with van der Waals surface area (Å²) in [7, 11) is 0. The van der Waals surface area contributed by atoms with Crippen molar-refractivity contribution in [2.45, 2.75) is 13.8 Å². The number of nitrogens with one attached hydrogen (secondary N) is 1. The van der Waals surface area contributed by atoms with Crippen LogP contribution >= 0.6 is 0 Å². The van der Waals surface area contributed by atoms with Crippen molar-refractivity contribution < 1.29 is 5.21 Å². The summed E-state index contributed by atoms with van der Waals surface area (Å²) >= 11 is 0. The maximum Gasteiger partial charge on any atom is 0.169 e. The minimum atomic E-state index is 0.300. The lowest BCUT2D eigenvalue weighted by Gasteiger charge is -2.09. The molecule has 0 fully saturated rings. The monoisotopic (exact) mass is 221 g/mol. The number of oxime groups is 1. The molecule has 16 heavy (non-hydrogen) atoms. The smallest absolute Gasteiger partial charge is 0.169 e. The zero-order chi connectivity index (χ0) is 12.0. The van der Waals surface area contributed by atoms with Crippen molar-refractivity contribution in [2.75, 3.05) is 6.54 Å². The Bertz CT molecular complexity index is 403. The average Bonchev–Trinajstić information content (AvgIpc) is 2.35. The van der Waals surface area contributed by atoms with Crippen LogP contribution in [0.1, 0.15) is 13.8 Å². The Kier molecular flexibility index (Phi) is 4.26. The summed E-state index contributed by atoms with van der Waals surface area (Å²) in [5, 5.41) is 22.3. The topological polar surface area (TPSA) is 95.4 Å². The zero-order valence-electron chi connectivity index (χ0n) is 9.31.